The minimum absolute atomic E-state index is 0.0300. The van der Waals surface area contributed by atoms with Crippen LogP contribution >= 0.6 is 0 Å². The highest BCUT2D eigenvalue weighted by Gasteiger charge is 2.44. The highest BCUT2D eigenvalue weighted by Crippen LogP contribution is 2.45. The summed E-state index contributed by atoms with van der Waals surface area (Å²) in [6.45, 7) is 0. The third kappa shape index (κ3) is 1.95. The molecule has 0 spiro atoms. The third-order valence-electron chi connectivity index (χ3n) is 4.89. The number of ketones is 2. The van der Waals surface area contributed by atoms with Crippen LogP contribution in [0.15, 0.2) is 66.7 Å². The van der Waals surface area contributed by atoms with Crippen LogP contribution in [0.2, 0.25) is 0 Å². The fourth-order valence-electron chi connectivity index (χ4n) is 3.90. The molecule has 2 aliphatic carbocycles. The largest absolute Gasteiger partial charge is 0.295 e. The lowest BCUT2D eigenvalue weighted by Gasteiger charge is -2.39. The molecule has 2 aromatic rings. The van der Waals surface area contributed by atoms with Crippen molar-refractivity contribution in [3.8, 4) is 0 Å². The Morgan fingerprint density at radius 3 is 2.27 bits per heavy atom. The molecule has 3 atom stereocenters. The van der Waals surface area contributed by atoms with E-state index < -0.39 is 0 Å². The molecule has 2 nitrogen and oxygen atoms in total. The molecule has 0 heterocycles. The second kappa shape index (κ2) is 5.06. The van der Waals surface area contributed by atoms with Gasteiger partial charge in [-0.15, -0.1) is 0 Å². The third-order valence-corrected chi connectivity index (χ3v) is 4.89. The number of benzene rings is 2. The highest BCUT2D eigenvalue weighted by molar-refractivity contribution is 6.08. The van der Waals surface area contributed by atoms with Crippen LogP contribution < -0.4 is 0 Å². The van der Waals surface area contributed by atoms with Crippen LogP contribution in [0, 0.1) is 11.8 Å². The molecule has 0 fully saturated rings. The van der Waals surface area contributed by atoms with Gasteiger partial charge in [-0.3, -0.25) is 9.59 Å². The summed E-state index contributed by atoms with van der Waals surface area (Å²) in [7, 11) is 0. The fourth-order valence-corrected chi connectivity index (χ4v) is 3.90. The van der Waals surface area contributed by atoms with E-state index in [9.17, 15) is 9.59 Å². The molecule has 0 saturated heterocycles. The van der Waals surface area contributed by atoms with Crippen molar-refractivity contribution < 1.29 is 9.59 Å². The molecule has 0 aromatic heterocycles. The van der Waals surface area contributed by atoms with Crippen LogP contribution in [0.3, 0.4) is 0 Å². The van der Waals surface area contributed by atoms with Gasteiger partial charge in [-0.05, 0) is 35.3 Å². The SMILES string of the molecule is O=C1C=CC(=O)[C@H]2Cc3ccccc3[C@H](c3ccccc3)[C@@H]12. The lowest BCUT2D eigenvalue weighted by atomic mass is 9.62. The average molecular weight is 288 g/mol. The maximum atomic E-state index is 12.5. The van der Waals surface area contributed by atoms with Crippen molar-refractivity contribution in [2.24, 2.45) is 11.8 Å². The standard InChI is InChI=1S/C20H16O2/c21-17-10-11-18(22)20-16(17)12-14-8-4-5-9-15(14)19(20)13-6-2-1-3-7-13/h1-11,16,19-20H,12H2/t16-,19+,20-/m1/s1. The molecule has 0 aliphatic heterocycles. The van der Waals surface area contributed by atoms with Crippen LogP contribution in [0.5, 0.6) is 0 Å². The Labute approximate surface area is 129 Å². The second-order valence-corrected chi connectivity index (χ2v) is 6.06. The molecule has 0 N–H and O–H groups in total. The van der Waals surface area contributed by atoms with Crippen LogP contribution in [-0.2, 0) is 16.0 Å². The molecule has 0 unspecified atom stereocenters. The Hall–Kier alpha value is -2.48. The molecule has 0 radical (unpaired) electrons. The second-order valence-electron chi connectivity index (χ2n) is 6.06. The molecule has 0 amide bonds. The predicted molar refractivity (Wildman–Crippen MR) is 84.6 cm³/mol. The van der Waals surface area contributed by atoms with Gasteiger partial charge in [0.05, 0.1) is 0 Å². The van der Waals surface area contributed by atoms with E-state index in [1.54, 1.807) is 0 Å². The van der Waals surface area contributed by atoms with E-state index >= 15 is 0 Å². The van der Waals surface area contributed by atoms with Crippen molar-refractivity contribution in [1.29, 1.82) is 0 Å². The van der Waals surface area contributed by atoms with Gasteiger partial charge >= 0.3 is 0 Å². The van der Waals surface area contributed by atoms with Crippen LogP contribution in [-0.4, -0.2) is 11.6 Å². The Balaban J connectivity index is 1.93. The van der Waals surface area contributed by atoms with Gasteiger partial charge < -0.3 is 0 Å². The molecule has 2 aromatic carbocycles. The van der Waals surface area contributed by atoms with E-state index in [2.05, 4.69) is 24.3 Å². The van der Waals surface area contributed by atoms with Crippen LogP contribution in [0.25, 0.3) is 0 Å². The lowest BCUT2D eigenvalue weighted by molar-refractivity contribution is -0.129. The minimum atomic E-state index is -0.269. The zero-order chi connectivity index (χ0) is 15.1. The Morgan fingerprint density at radius 2 is 1.45 bits per heavy atom. The number of fused-ring (bicyclic) bond motifs is 2. The number of carbonyl (C=O) groups is 2. The quantitative estimate of drug-likeness (QED) is 0.806. The van der Waals surface area contributed by atoms with Crippen molar-refractivity contribution in [2.75, 3.05) is 0 Å². The Morgan fingerprint density at radius 1 is 0.773 bits per heavy atom. The van der Waals surface area contributed by atoms with Gasteiger partial charge in [0, 0.05) is 17.8 Å². The zero-order valence-corrected chi connectivity index (χ0v) is 12.1. The fraction of sp³-hybridized carbons (Fsp3) is 0.200. The van der Waals surface area contributed by atoms with Crippen LogP contribution in [0.1, 0.15) is 22.6 Å². The first-order valence-corrected chi connectivity index (χ1v) is 7.64. The number of rotatable bonds is 1. The van der Waals surface area contributed by atoms with Gasteiger partial charge in [0.25, 0.3) is 0 Å². The predicted octanol–water partition coefficient (Wildman–Crippen LogP) is 3.32. The minimum Gasteiger partial charge on any atom is -0.295 e. The van der Waals surface area contributed by atoms with E-state index in [0.29, 0.717) is 6.42 Å². The van der Waals surface area contributed by atoms with Crippen molar-refractivity contribution in [2.45, 2.75) is 12.3 Å². The van der Waals surface area contributed by atoms with Gasteiger partial charge in [0.1, 0.15) is 0 Å². The summed E-state index contributed by atoms with van der Waals surface area (Å²) < 4.78 is 0. The van der Waals surface area contributed by atoms with E-state index in [1.165, 1.54) is 23.3 Å². The number of carbonyl (C=O) groups excluding carboxylic acids is 2. The molecule has 108 valence electrons. The molecule has 4 rings (SSSR count). The average Bonchev–Trinajstić information content (AvgIpc) is 2.57. The van der Waals surface area contributed by atoms with E-state index in [-0.39, 0.29) is 29.3 Å². The van der Waals surface area contributed by atoms with Gasteiger partial charge in [-0.1, -0.05) is 54.6 Å². The van der Waals surface area contributed by atoms with Gasteiger partial charge in [-0.25, -0.2) is 0 Å². The molecule has 2 heteroatoms. The smallest absolute Gasteiger partial charge is 0.160 e. The molecule has 2 aliphatic rings. The summed E-state index contributed by atoms with van der Waals surface area (Å²) in [6, 6.07) is 18.3. The van der Waals surface area contributed by atoms with Crippen molar-refractivity contribution in [3.63, 3.8) is 0 Å². The molecule has 22 heavy (non-hydrogen) atoms. The first-order chi connectivity index (χ1) is 10.8. The summed E-state index contributed by atoms with van der Waals surface area (Å²) in [5.74, 6) is -0.363. The summed E-state index contributed by atoms with van der Waals surface area (Å²) in [5.41, 5.74) is 3.49. The molecular formula is C20H16O2. The van der Waals surface area contributed by atoms with E-state index in [0.717, 1.165) is 5.56 Å². The van der Waals surface area contributed by atoms with Crippen LogP contribution in [0.4, 0.5) is 0 Å². The Kier molecular flexibility index (Phi) is 3.04. The normalized spacial score (nSPS) is 26.5. The number of hydrogen-bond acceptors (Lipinski definition) is 2. The highest BCUT2D eigenvalue weighted by atomic mass is 16.1. The maximum Gasteiger partial charge on any atom is 0.160 e. The molecule has 0 bridgehead atoms. The van der Waals surface area contributed by atoms with E-state index in [4.69, 9.17) is 0 Å². The van der Waals surface area contributed by atoms with Crippen molar-refractivity contribution in [1.82, 2.24) is 0 Å². The van der Waals surface area contributed by atoms with Gasteiger partial charge in [-0.2, -0.15) is 0 Å². The molecule has 0 saturated carbocycles. The number of allylic oxidation sites excluding steroid dienone is 2. The van der Waals surface area contributed by atoms with E-state index in [1.807, 2.05) is 30.3 Å². The topological polar surface area (TPSA) is 34.1 Å². The van der Waals surface area contributed by atoms with Crippen molar-refractivity contribution in [3.05, 3.63) is 83.4 Å². The zero-order valence-electron chi connectivity index (χ0n) is 12.1. The lowest BCUT2D eigenvalue weighted by Crippen LogP contribution is -2.41. The summed E-state index contributed by atoms with van der Waals surface area (Å²) in [4.78, 5) is 24.9. The Bertz CT molecular complexity index is 773. The van der Waals surface area contributed by atoms with Gasteiger partial charge in [0.2, 0.25) is 0 Å². The molecular weight excluding hydrogens is 272 g/mol. The first kappa shape index (κ1) is 13.2. The summed E-state index contributed by atoms with van der Waals surface area (Å²) in [5, 5.41) is 0. The summed E-state index contributed by atoms with van der Waals surface area (Å²) >= 11 is 0. The first-order valence-electron chi connectivity index (χ1n) is 7.64. The van der Waals surface area contributed by atoms with Gasteiger partial charge in [0.15, 0.2) is 11.6 Å². The monoisotopic (exact) mass is 288 g/mol. The summed E-state index contributed by atoms with van der Waals surface area (Å²) in [6.07, 6.45) is 3.59. The maximum absolute atomic E-state index is 12.5. The van der Waals surface area contributed by atoms with Crippen molar-refractivity contribution >= 4 is 11.6 Å². The number of hydrogen-bond donors (Lipinski definition) is 0.